The van der Waals surface area contributed by atoms with Crippen LogP contribution in [-0.2, 0) is 4.79 Å². The van der Waals surface area contributed by atoms with E-state index in [-0.39, 0.29) is 29.4 Å². The molecule has 0 aromatic heterocycles. The number of rotatable bonds is 6. The van der Waals surface area contributed by atoms with Gasteiger partial charge in [-0.05, 0) is 52.1 Å². The Bertz CT molecular complexity index is 446. The van der Waals surface area contributed by atoms with Gasteiger partial charge in [-0.25, -0.2) is 4.79 Å². The Morgan fingerprint density at radius 1 is 1.26 bits per heavy atom. The van der Waals surface area contributed by atoms with Crippen LogP contribution in [0.15, 0.2) is 0 Å². The minimum atomic E-state index is -0.306. The van der Waals surface area contributed by atoms with Gasteiger partial charge < -0.3 is 20.4 Å². The number of nitrogens with one attached hydrogen (secondary N) is 2. The van der Waals surface area contributed by atoms with Crippen LogP contribution in [-0.4, -0.2) is 67.0 Å². The maximum Gasteiger partial charge on any atom is 0.318 e. The van der Waals surface area contributed by atoms with Crippen LogP contribution < -0.4 is 10.6 Å². The summed E-state index contributed by atoms with van der Waals surface area (Å²) in [5, 5.41) is 6.12. The summed E-state index contributed by atoms with van der Waals surface area (Å²) in [6.07, 6.45) is 3.80. The highest BCUT2D eigenvalue weighted by atomic mass is 16.2. The zero-order valence-electron chi connectivity index (χ0n) is 15.2. The molecule has 0 aromatic carbocycles. The van der Waals surface area contributed by atoms with Gasteiger partial charge >= 0.3 is 6.03 Å². The lowest BCUT2D eigenvalue weighted by atomic mass is 9.85. The van der Waals surface area contributed by atoms with E-state index in [1.165, 1.54) is 0 Å². The van der Waals surface area contributed by atoms with Crippen molar-refractivity contribution in [2.75, 3.05) is 27.2 Å². The second kappa shape index (κ2) is 7.07. The summed E-state index contributed by atoms with van der Waals surface area (Å²) in [5.41, 5.74) is -0.0371. The summed E-state index contributed by atoms with van der Waals surface area (Å²) >= 11 is 0. The molecule has 1 saturated carbocycles. The number of carbonyl (C=O) groups excluding carboxylic acids is 2. The van der Waals surface area contributed by atoms with Gasteiger partial charge in [-0.2, -0.15) is 0 Å². The number of carbonyl (C=O) groups is 2. The Labute approximate surface area is 140 Å². The van der Waals surface area contributed by atoms with Crippen LogP contribution in [0.3, 0.4) is 0 Å². The van der Waals surface area contributed by atoms with Crippen molar-refractivity contribution in [3.63, 3.8) is 0 Å². The molecule has 2 aliphatic rings. The van der Waals surface area contributed by atoms with E-state index in [1.54, 1.807) is 4.90 Å². The van der Waals surface area contributed by atoms with Crippen LogP contribution in [0.25, 0.3) is 0 Å². The predicted molar refractivity (Wildman–Crippen MR) is 91.2 cm³/mol. The van der Waals surface area contributed by atoms with E-state index in [1.807, 2.05) is 21.0 Å². The molecule has 0 unspecified atom stereocenters. The highest BCUT2D eigenvalue weighted by Gasteiger charge is 2.38. The molecule has 1 heterocycles. The molecule has 2 atom stereocenters. The predicted octanol–water partition coefficient (Wildman–Crippen LogP) is 1.42. The van der Waals surface area contributed by atoms with Crippen molar-refractivity contribution in [2.24, 2.45) is 5.41 Å². The fourth-order valence-corrected chi connectivity index (χ4v) is 3.22. The number of hydrogen-bond acceptors (Lipinski definition) is 3. The maximum atomic E-state index is 12.6. The molecule has 0 spiro atoms. The summed E-state index contributed by atoms with van der Waals surface area (Å²) in [5.74, 6) is 0.0142. The van der Waals surface area contributed by atoms with Gasteiger partial charge in [-0.1, -0.05) is 13.8 Å². The number of nitrogens with zero attached hydrogens (tertiary/aromatic N) is 2. The minimum absolute atomic E-state index is 0.0142. The molecule has 23 heavy (non-hydrogen) atoms. The van der Waals surface area contributed by atoms with Crippen molar-refractivity contribution >= 4 is 11.9 Å². The Hall–Kier alpha value is -1.30. The molecule has 2 fully saturated rings. The molecule has 1 saturated heterocycles. The van der Waals surface area contributed by atoms with Crippen LogP contribution in [0.1, 0.15) is 46.5 Å². The molecule has 0 bridgehead atoms. The topological polar surface area (TPSA) is 64.7 Å². The van der Waals surface area contributed by atoms with Crippen LogP contribution >= 0.6 is 0 Å². The molecule has 2 rings (SSSR count). The second-order valence-electron chi connectivity index (χ2n) is 8.03. The molecule has 6 nitrogen and oxygen atoms in total. The first-order valence-electron chi connectivity index (χ1n) is 8.73. The standard InChI is InChI=1S/C17H32N4O2/c1-12(17(2,3)11-20(4)5)18-16(23)21-10-6-7-14(21)15(22)19-13-8-9-13/h12-14H,6-11H2,1-5H3,(H,18,23)(H,19,22)/t12-,14+/m0/s1. The number of hydrogen-bond donors (Lipinski definition) is 2. The second-order valence-corrected chi connectivity index (χ2v) is 8.03. The van der Waals surface area contributed by atoms with E-state index in [4.69, 9.17) is 0 Å². The lowest BCUT2D eigenvalue weighted by Crippen LogP contribution is -2.55. The smallest absolute Gasteiger partial charge is 0.318 e. The van der Waals surface area contributed by atoms with Crippen molar-refractivity contribution < 1.29 is 9.59 Å². The van der Waals surface area contributed by atoms with E-state index >= 15 is 0 Å². The first-order chi connectivity index (χ1) is 10.7. The molecule has 0 aromatic rings. The lowest BCUT2D eigenvalue weighted by molar-refractivity contribution is -0.124. The minimum Gasteiger partial charge on any atom is -0.352 e. The lowest BCUT2D eigenvalue weighted by Gasteiger charge is -2.36. The number of likely N-dealkylation sites (tertiary alicyclic amines) is 1. The van der Waals surface area contributed by atoms with Crippen LogP contribution in [0, 0.1) is 5.41 Å². The molecule has 1 aliphatic heterocycles. The van der Waals surface area contributed by atoms with Crippen LogP contribution in [0.4, 0.5) is 4.79 Å². The molecule has 1 aliphatic carbocycles. The van der Waals surface area contributed by atoms with E-state index in [9.17, 15) is 9.59 Å². The van der Waals surface area contributed by atoms with Crippen molar-refractivity contribution in [3.05, 3.63) is 0 Å². The molecular weight excluding hydrogens is 292 g/mol. The van der Waals surface area contributed by atoms with Gasteiger partial charge in [0, 0.05) is 25.2 Å². The fraction of sp³-hybridized carbons (Fsp3) is 0.882. The van der Waals surface area contributed by atoms with E-state index in [0.29, 0.717) is 12.6 Å². The van der Waals surface area contributed by atoms with Crippen LogP contribution in [0.5, 0.6) is 0 Å². The first-order valence-corrected chi connectivity index (χ1v) is 8.73. The SMILES string of the molecule is C[C@H](NC(=O)N1CCC[C@@H]1C(=O)NC1CC1)C(C)(C)CN(C)C. The largest absolute Gasteiger partial charge is 0.352 e. The highest BCUT2D eigenvalue weighted by Crippen LogP contribution is 2.24. The Morgan fingerprint density at radius 3 is 2.48 bits per heavy atom. The van der Waals surface area contributed by atoms with Gasteiger partial charge in [0.05, 0.1) is 0 Å². The van der Waals surface area contributed by atoms with Crippen molar-refractivity contribution in [1.82, 2.24) is 20.4 Å². The summed E-state index contributed by atoms with van der Waals surface area (Å²) in [6, 6.07) is -0.0476. The molecule has 2 N–H and O–H groups in total. The van der Waals surface area contributed by atoms with Gasteiger partial charge in [-0.15, -0.1) is 0 Å². The quantitative estimate of drug-likeness (QED) is 0.776. The summed E-state index contributed by atoms with van der Waals surface area (Å²) < 4.78 is 0. The van der Waals surface area contributed by atoms with Gasteiger partial charge in [0.15, 0.2) is 0 Å². The zero-order valence-corrected chi connectivity index (χ0v) is 15.2. The van der Waals surface area contributed by atoms with E-state index in [0.717, 1.165) is 32.2 Å². The highest BCUT2D eigenvalue weighted by molar-refractivity contribution is 5.88. The van der Waals surface area contributed by atoms with Gasteiger partial charge in [0.1, 0.15) is 6.04 Å². The summed E-state index contributed by atoms with van der Waals surface area (Å²) in [7, 11) is 4.07. The average molecular weight is 324 g/mol. The maximum absolute atomic E-state index is 12.6. The van der Waals surface area contributed by atoms with Gasteiger partial charge in [0.25, 0.3) is 0 Å². The molecule has 132 valence electrons. The monoisotopic (exact) mass is 324 g/mol. The van der Waals surface area contributed by atoms with Crippen molar-refractivity contribution in [1.29, 1.82) is 0 Å². The Balaban J connectivity index is 1.91. The number of amides is 3. The fourth-order valence-electron chi connectivity index (χ4n) is 3.22. The average Bonchev–Trinajstić information content (AvgIpc) is 3.09. The van der Waals surface area contributed by atoms with Crippen molar-refractivity contribution in [2.45, 2.75) is 64.6 Å². The molecule has 6 heteroatoms. The van der Waals surface area contributed by atoms with Crippen LogP contribution in [0.2, 0.25) is 0 Å². The molecular formula is C17H32N4O2. The third-order valence-corrected chi connectivity index (χ3v) is 4.98. The van der Waals surface area contributed by atoms with Gasteiger partial charge in [-0.3, -0.25) is 4.79 Å². The normalized spacial score (nSPS) is 23.0. The van der Waals surface area contributed by atoms with E-state index in [2.05, 4.69) is 29.4 Å². The zero-order chi connectivity index (χ0) is 17.2. The molecule has 0 radical (unpaired) electrons. The first kappa shape index (κ1) is 18.0. The Kier molecular flexibility index (Phi) is 5.55. The summed E-state index contributed by atoms with van der Waals surface area (Å²) in [6.45, 7) is 7.89. The molecule has 3 amide bonds. The third-order valence-electron chi connectivity index (χ3n) is 4.98. The van der Waals surface area contributed by atoms with E-state index < -0.39 is 0 Å². The summed E-state index contributed by atoms with van der Waals surface area (Å²) in [4.78, 5) is 28.8. The van der Waals surface area contributed by atoms with Crippen molar-refractivity contribution in [3.8, 4) is 0 Å². The number of urea groups is 1. The third kappa shape index (κ3) is 4.83. The Morgan fingerprint density at radius 2 is 1.91 bits per heavy atom. The van der Waals surface area contributed by atoms with Gasteiger partial charge in [0.2, 0.25) is 5.91 Å².